The Morgan fingerprint density at radius 2 is 0.654 bits per heavy atom. The van der Waals surface area contributed by atoms with Crippen LogP contribution in [0.3, 0.4) is 0 Å². The number of hydrogen-bond acceptors (Lipinski definition) is 6. The lowest BCUT2D eigenvalue weighted by molar-refractivity contribution is -0.0386. The molecule has 0 N–H and O–H groups in total. The van der Waals surface area contributed by atoms with Gasteiger partial charge in [0.15, 0.2) is 0 Å². The van der Waals surface area contributed by atoms with Crippen LogP contribution < -0.4 is 10.4 Å². The first kappa shape index (κ1) is 39.3. The Balaban J connectivity index is 0.973. The lowest BCUT2D eigenvalue weighted by Gasteiger charge is -2.43. The second-order valence-corrected chi connectivity index (χ2v) is 17.9. The molecular formula is C45H54O6Si. The van der Waals surface area contributed by atoms with E-state index in [2.05, 4.69) is 154 Å². The molecule has 274 valence electrons. The number of hydrogen-bond donors (Lipinski definition) is 0. The van der Waals surface area contributed by atoms with Gasteiger partial charge < -0.3 is 28.1 Å². The number of ether oxygens (including phenoxy) is 5. The van der Waals surface area contributed by atoms with Gasteiger partial charge in [-0.05, 0) is 32.1 Å². The van der Waals surface area contributed by atoms with E-state index in [0.29, 0.717) is 66.1 Å². The van der Waals surface area contributed by atoms with Crippen LogP contribution in [0.15, 0.2) is 152 Å². The molecule has 0 bridgehead atoms. The fraction of sp³-hybridized carbons (Fsp3) is 0.333. The van der Waals surface area contributed by atoms with Crippen LogP contribution >= 0.6 is 0 Å². The maximum atomic E-state index is 6.88. The molecule has 0 spiro atoms. The second kappa shape index (κ2) is 20.4. The van der Waals surface area contributed by atoms with E-state index in [1.807, 2.05) is 18.2 Å². The van der Waals surface area contributed by atoms with Gasteiger partial charge in [-0.2, -0.15) is 0 Å². The van der Waals surface area contributed by atoms with Crippen molar-refractivity contribution in [3.63, 3.8) is 0 Å². The van der Waals surface area contributed by atoms with Crippen LogP contribution in [0.2, 0.25) is 5.04 Å². The predicted molar refractivity (Wildman–Crippen MR) is 212 cm³/mol. The summed E-state index contributed by atoms with van der Waals surface area (Å²) in [5.41, 5.74) is 2.47. The molecule has 0 saturated carbocycles. The summed E-state index contributed by atoms with van der Waals surface area (Å²) in [7, 11) is -2.55. The Hall–Kier alpha value is -3.92. The van der Waals surface area contributed by atoms with Crippen molar-refractivity contribution in [1.82, 2.24) is 0 Å². The molecule has 0 atom stereocenters. The van der Waals surface area contributed by atoms with E-state index in [1.165, 1.54) is 10.4 Å². The minimum absolute atomic E-state index is 0.0589. The zero-order valence-electron chi connectivity index (χ0n) is 31.0. The first-order valence-electron chi connectivity index (χ1n) is 18.3. The summed E-state index contributed by atoms with van der Waals surface area (Å²) in [4.78, 5) is 0. The largest absolute Gasteiger partial charge is 0.405 e. The topological polar surface area (TPSA) is 55.4 Å². The van der Waals surface area contributed by atoms with Crippen molar-refractivity contribution in [1.29, 1.82) is 0 Å². The summed E-state index contributed by atoms with van der Waals surface area (Å²) in [6.07, 6.45) is 0. The van der Waals surface area contributed by atoms with Crippen LogP contribution in [-0.2, 0) is 33.7 Å². The summed E-state index contributed by atoms with van der Waals surface area (Å²) < 4.78 is 36.9. The molecule has 52 heavy (non-hydrogen) atoms. The van der Waals surface area contributed by atoms with Crippen LogP contribution in [0.25, 0.3) is 0 Å². The van der Waals surface area contributed by atoms with Crippen molar-refractivity contribution in [2.24, 2.45) is 0 Å². The molecule has 0 aliphatic carbocycles. The number of rotatable bonds is 22. The van der Waals surface area contributed by atoms with Crippen molar-refractivity contribution >= 4 is 18.7 Å². The van der Waals surface area contributed by atoms with Crippen molar-refractivity contribution in [2.75, 3.05) is 66.1 Å². The van der Waals surface area contributed by atoms with Crippen molar-refractivity contribution in [2.45, 2.75) is 31.4 Å². The van der Waals surface area contributed by atoms with E-state index in [9.17, 15) is 0 Å². The van der Waals surface area contributed by atoms with Crippen molar-refractivity contribution in [3.8, 4) is 0 Å². The molecule has 0 aromatic heterocycles. The summed E-state index contributed by atoms with van der Waals surface area (Å²) in [5, 5.41) is 2.48. The van der Waals surface area contributed by atoms with Gasteiger partial charge in [0.05, 0.1) is 66.1 Å². The van der Waals surface area contributed by atoms with Gasteiger partial charge in [0.1, 0.15) is 5.60 Å². The maximum absolute atomic E-state index is 6.88. The molecule has 0 unspecified atom stereocenters. The smallest absolute Gasteiger partial charge is 0.261 e. The van der Waals surface area contributed by atoms with Gasteiger partial charge in [0, 0.05) is 0 Å². The average molecular weight is 719 g/mol. The van der Waals surface area contributed by atoms with E-state index in [0.717, 1.165) is 16.7 Å². The lowest BCUT2D eigenvalue weighted by Crippen LogP contribution is -2.66. The Morgan fingerprint density at radius 3 is 0.981 bits per heavy atom. The average Bonchev–Trinajstić information content (AvgIpc) is 3.19. The predicted octanol–water partition coefficient (Wildman–Crippen LogP) is 7.64. The van der Waals surface area contributed by atoms with Crippen LogP contribution in [0.1, 0.15) is 37.5 Å². The van der Waals surface area contributed by atoms with Gasteiger partial charge in [-0.3, -0.25) is 0 Å². The SMILES string of the molecule is CC(C)(C)[Si](OCCOCCOCCOCCOCCOC(c1ccccc1)(c1ccccc1)c1ccccc1)(c1ccccc1)c1ccccc1. The van der Waals surface area contributed by atoms with E-state index >= 15 is 0 Å². The first-order valence-corrected chi connectivity index (χ1v) is 20.3. The Labute approximate surface area is 311 Å². The second-order valence-electron chi connectivity index (χ2n) is 13.6. The minimum atomic E-state index is -2.55. The fourth-order valence-corrected chi connectivity index (χ4v) is 11.3. The summed E-state index contributed by atoms with van der Waals surface area (Å²) in [6.45, 7) is 11.7. The molecule has 5 aromatic carbocycles. The van der Waals surface area contributed by atoms with Gasteiger partial charge in [0.2, 0.25) is 0 Å². The van der Waals surface area contributed by atoms with Gasteiger partial charge in [-0.1, -0.05) is 172 Å². The van der Waals surface area contributed by atoms with E-state index in [1.54, 1.807) is 0 Å². The van der Waals surface area contributed by atoms with E-state index in [4.69, 9.17) is 28.1 Å². The third kappa shape index (κ3) is 10.1. The minimum Gasteiger partial charge on any atom is -0.405 e. The standard InChI is InChI=1S/C45H54O6Si/c1-44(2,3)52(42-25-15-7-16-26-42,43-27-17-8-18-28-43)51-38-36-49-34-32-47-30-29-46-31-33-48-35-37-50-45(39-19-9-4-10-20-39,40-21-11-5-12-22-40)41-23-13-6-14-24-41/h4-28H,29-38H2,1-3H3. The third-order valence-corrected chi connectivity index (χ3v) is 14.2. The molecular weight excluding hydrogens is 665 g/mol. The molecule has 0 fully saturated rings. The molecule has 0 aliphatic heterocycles. The quantitative estimate of drug-likeness (QED) is 0.0417. The van der Waals surface area contributed by atoms with Gasteiger partial charge in [-0.15, -0.1) is 0 Å². The normalized spacial score (nSPS) is 12.2. The molecule has 6 nitrogen and oxygen atoms in total. The van der Waals surface area contributed by atoms with Crippen LogP contribution in [0.5, 0.6) is 0 Å². The summed E-state index contributed by atoms with van der Waals surface area (Å²) >= 11 is 0. The zero-order valence-corrected chi connectivity index (χ0v) is 32.0. The Kier molecular flexibility index (Phi) is 15.4. The zero-order chi connectivity index (χ0) is 36.4. The highest BCUT2D eigenvalue weighted by Crippen LogP contribution is 2.40. The first-order chi connectivity index (χ1) is 25.5. The molecule has 0 amide bonds. The van der Waals surface area contributed by atoms with Crippen molar-refractivity contribution in [3.05, 3.63) is 168 Å². The lowest BCUT2D eigenvalue weighted by atomic mass is 9.80. The number of benzene rings is 5. The van der Waals surface area contributed by atoms with E-state index < -0.39 is 13.9 Å². The summed E-state index contributed by atoms with van der Waals surface area (Å²) in [6, 6.07) is 52.5. The fourth-order valence-electron chi connectivity index (χ4n) is 6.80. The highest BCUT2D eigenvalue weighted by atomic mass is 28.4. The molecule has 0 radical (unpaired) electrons. The van der Waals surface area contributed by atoms with E-state index in [-0.39, 0.29) is 5.04 Å². The molecule has 0 heterocycles. The van der Waals surface area contributed by atoms with Gasteiger partial charge in [-0.25, -0.2) is 0 Å². The summed E-state index contributed by atoms with van der Waals surface area (Å²) in [5.74, 6) is 0. The van der Waals surface area contributed by atoms with Crippen LogP contribution in [0, 0.1) is 0 Å². The van der Waals surface area contributed by atoms with Gasteiger partial charge in [0.25, 0.3) is 8.32 Å². The molecule has 0 aliphatic rings. The molecule has 5 aromatic rings. The monoisotopic (exact) mass is 718 g/mol. The maximum Gasteiger partial charge on any atom is 0.261 e. The van der Waals surface area contributed by atoms with Crippen LogP contribution in [0.4, 0.5) is 0 Å². The van der Waals surface area contributed by atoms with Crippen molar-refractivity contribution < 1.29 is 28.1 Å². The van der Waals surface area contributed by atoms with Crippen LogP contribution in [-0.4, -0.2) is 74.4 Å². The third-order valence-electron chi connectivity index (χ3n) is 9.17. The molecule has 5 rings (SSSR count). The Bertz CT molecular complexity index is 1530. The highest BCUT2D eigenvalue weighted by Gasteiger charge is 2.50. The Morgan fingerprint density at radius 1 is 0.365 bits per heavy atom. The molecule has 7 heteroatoms. The molecule has 0 saturated heterocycles. The highest BCUT2D eigenvalue weighted by molar-refractivity contribution is 6.99. The van der Waals surface area contributed by atoms with Gasteiger partial charge >= 0.3 is 0 Å².